The number of nitrogens with one attached hydrogen (secondary N) is 1. The molecule has 1 heterocycles. The van der Waals surface area contributed by atoms with Crippen LogP contribution in [0.4, 0.5) is 17.6 Å². The van der Waals surface area contributed by atoms with Gasteiger partial charge >= 0.3 is 6.43 Å². The van der Waals surface area contributed by atoms with Gasteiger partial charge in [-0.3, -0.25) is 9.59 Å². The fourth-order valence-corrected chi connectivity index (χ4v) is 3.29. The summed E-state index contributed by atoms with van der Waals surface area (Å²) in [6, 6.07) is 3.36. The SMILES string of the molecule is O=C(CNC(=O)C(F)F)c1cnc(CC2(c3cc(F)ccc3F)CCC2)nc1. The van der Waals surface area contributed by atoms with E-state index in [2.05, 4.69) is 9.97 Å². The fourth-order valence-electron chi connectivity index (χ4n) is 3.29. The maximum atomic E-state index is 14.2. The van der Waals surface area contributed by atoms with Gasteiger partial charge in [0, 0.05) is 24.2 Å². The molecule has 5 nitrogen and oxygen atoms in total. The first-order chi connectivity index (χ1) is 13.3. The molecule has 9 heteroatoms. The van der Waals surface area contributed by atoms with E-state index in [1.54, 1.807) is 0 Å². The quantitative estimate of drug-likeness (QED) is 0.578. The Kier molecular flexibility index (Phi) is 5.71. The first kappa shape index (κ1) is 19.9. The standard InChI is InChI=1S/C19H17F4N3O2/c20-12-2-3-14(21)13(6-12)19(4-1-5-19)7-16-24-8-11(9-25-16)15(27)10-26-18(28)17(22)23/h2-3,6,8-9,17H,1,4-5,7,10H2,(H,26,28). The van der Waals surface area contributed by atoms with Gasteiger partial charge < -0.3 is 5.32 Å². The Bertz CT molecular complexity index is 883. The Morgan fingerprint density at radius 1 is 1.14 bits per heavy atom. The third-order valence-electron chi connectivity index (χ3n) is 4.96. The monoisotopic (exact) mass is 395 g/mol. The fraction of sp³-hybridized carbons (Fsp3) is 0.368. The molecule has 0 radical (unpaired) electrons. The molecule has 1 saturated carbocycles. The van der Waals surface area contributed by atoms with E-state index in [0.717, 1.165) is 18.6 Å². The average molecular weight is 395 g/mol. The summed E-state index contributed by atoms with van der Waals surface area (Å²) in [5.41, 5.74) is -0.252. The molecule has 28 heavy (non-hydrogen) atoms. The van der Waals surface area contributed by atoms with Crippen molar-refractivity contribution in [3.8, 4) is 0 Å². The molecule has 0 bridgehead atoms. The Balaban J connectivity index is 1.70. The van der Waals surface area contributed by atoms with Crippen molar-refractivity contribution in [2.24, 2.45) is 0 Å². The number of hydrogen-bond donors (Lipinski definition) is 1. The van der Waals surface area contributed by atoms with Crippen LogP contribution in [0.5, 0.6) is 0 Å². The molecule has 0 atom stereocenters. The molecule has 1 aromatic heterocycles. The number of carbonyl (C=O) groups is 2. The third kappa shape index (κ3) is 4.18. The third-order valence-corrected chi connectivity index (χ3v) is 4.96. The number of benzene rings is 1. The summed E-state index contributed by atoms with van der Waals surface area (Å²) in [5.74, 6) is -2.79. The van der Waals surface area contributed by atoms with E-state index >= 15 is 0 Å². The van der Waals surface area contributed by atoms with Crippen molar-refractivity contribution in [2.45, 2.75) is 37.5 Å². The van der Waals surface area contributed by atoms with E-state index in [4.69, 9.17) is 0 Å². The van der Waals surface area contributed by atoms with Gasteiger partial charge in [-0.25, -0.2) is 18.7 Å². The first-order valence-electron chi connectivity index (χ1n) is 8.66. The van der Waals surface area contributed by atoms with Crippen LogP contribution in [0.15, 0.2) is 30.6 Å². The van der Waals surface area contributed by atoms with Crippen LogP contribution in [-0.4, -0.2) is 34.6 Å². The minimum atomic E-state index is -3.20. The van der Waals surface area contributed by atoms with Crippen LogP contribution in [0.1, 0.15) is 41.0 Å². The molecule has 3 rings (SSSR count). The molecule has 0 saturated heterocycles. The topological polar surface area (TPSA) is 72.0 Å². The molecule has 1 fully saturated rings. The lowest BCUT2D eigenvalue weighted by Crippen LogP contribution is -2.38. The Labute approximate surface area is 158 Å². The van der Waals surface area contributed by atoms with Crippen molar-refractivity contribution in [1.29, 1.82) is 0 Å². The summed E-state index contributed by atoms with van der Waals surface area (Å²) in [4.78, 5) is 30.9. The number of rotatable bonds is 7. The highest BCUT2D eigenvalue weighted by atomic mass is 19.3. The summed E-state index contributed by atoms with van der Waals surface area (Å²) >= 11 is 0. The van der Waals surface area contributed by atoms with Gasteiger partial charge in [0.25, 0.3) is 5.91 Å². The number of aromatic nitrogens is 2. The lowest BCUT2D eigenvalue weighted by molar-refractivity contribution is -0.131. The van der Waals surface area contributed by atoms with Gasteiger partial charge in [0.15, 0.2) is 5.78 Å². The van der Waals surface area contributed by atoms with Crippen molar-refractivity contribution >= 4 is 11.7 Å². The minimum Gasteiger partial charge on any atom is -0.344 e. The molecule has 1 aliphatic carbocycles. The summed E-state index contributed by atoms with van der Waals surface area (Å²) in [7, 11) is 0. The van der Waals surface area contributed by atoms with Crippen LogP contribution < -0.4 is 5.32 Å². The van der Waals surface area contributed by atoms with E-state index in [1.807, 2.05) is 5.32 Å². The molecule has 1 N–H and O–H groups in total. The number of carbonyl (C=O) groups excluding carboxylic acids is 2. The van der Waals surface area contributed by atoms with Gasteiger partial charge in [-0.2, -0.15) is 8.78 Å². The highest BCUT2D eigenvalue weighted by Crippen LogP contribution is 2.46. The van der Waals surface area contributed by atoms with E-state index in [9.17, 15) is 27.2 Å². The van der Waals surface area contributed by atoms with Gasteiger partial charge in [-0.05, 0) is 36.6 Å². The van der Waals surface area contributed by atoms with Gasteiger partial charge in [-0.15, -0.1) is 0 Å². The van der Waals surface area contributed by atoms with Crippen molar-refractivity contribution < 1.29 is 27.2 Å². The molecule has 0 aliphatic heterocycles. The van der Waals surface area contributed by atoms with Crippen molar-refractivity contribution in [1.82, 2.24) is 15.3 Å². The van der Waals surface area contributed by atoms with Gasteiger partial charge in [0.05, 0.1) is 12.1 Å². The molecule has 148 valence electrons. The summed E-state index contributed by atoms with van der Waals surface area (Å²) in [6.07, 6.45) is 1.74. The van der Waals surface area contributed by atoms with Crippen LogP contribution in [-0.2, 0) is 16.6 Å². The second-order valence-corrected chi connectivity index (χ2v) is 6.76. The highest BCUT2D eigenvalue weighted by molar-refractivity contribution is 5.99. The van der Waals surface area contributed by atoms with Crippen molar-refractivity contribution in [2.75, 3.05) is 6.54 Å². The zero-order valence-electron chi connectivity index (χ0n) is 14.7. The number of amides is 1. The Hall–Kier alpha value is -2.84. The molecule has 1 amide bonds. The number of ketones is 1. The molecular formula is C19H17F4N3O2. The van der Waals surface area contributed by atoms with E-state index < -0.39 is 41.7 Å². The predicted octanol–water partition coefficient (Wildman–Crippen LogP) is 2.98. The molecule has 1 aliphatic rings. The smallest absolute Gasteiger partial charge is 0.315 e. The second-order valence-electron chi connectivity index (χ2n) is 6.76. The van der Waals surface area contributed by atoms with E-state index in [1.165, 1.54) is 18.5 Å². The van der Waals surface area contributed by atoms with Crippen molar-refractivity contribution in [3.63, 3.8) is 0 Å². The largest absolute Gasteiger partial charge is 0.344 e. The van der Waals surface area contributed by atoms with Crippen LogP contribution in [0.3, 0.4) is 0 Å². The number of hydrogen-bond acceptors (Lipinski definition) is 4. The summed E-state index contributed by atoms with van der Waals surface area (Å²) in [5, 5.41) is 1.81. The lowest BCUT2D eigenvalue weighted by Gasteiger charge is -2.42. The summed E-state index contributed by atoms with van der Waals surface area (Å²) in [6.45, 7) is -0.593. The lowest BCUT2D eigenvalue weighted by atomic mass is 9.62. The maximum absolute atomic E-state index is 14.2. The molecule has 0 spiro atoms. The minimum absolute atomic E-state index is 0.0536. The van der Waals surface area contributed by atoms with Crippen LogP contribution in [0.2, 0.25) is 0 Å². The van der Waals surface area contributed by atoms with Crippen LogP contribution >= 0.6 is 0 Å². The normalized spacial score (nSPS) is 15.2. The predicted molar refractivity (Wildman–Crippen MR) is 91.0 cm³/mol. The number of Topliss-reactive ketones (excluding diaryl/α,β-unsaturated/α-hetero) is 1. The molecular weight excluding hydrogens is 378 g/mol. The van der Waals surface area contributed by atoms with Crippen molar-refractivity contribution in [3.05, 3.63) is 59.2 Å². The highest BCUT2D eigenvalue weighted by Gasteiger charge is 2.41. The second kappa shape index (κ2) is 8.04. The van der Waals surface area contributed by atoms with Gasteiger partial charge in [0.2, 0.25) is 0 Å². The van der Waals surface area contributed by atoms with Crippen LogP contribution in [0, 0.1) is 11.6 Å². The average Bonchev–Trinajstić information content (AvgIpc) is 2.65. The molecule has 2 aromatic rings. The van der Waals surface area contributed by atoms with Gasteiger partial charge in [0.1, 0.15) is 17.5 Å². The first-order valence-corrected chi connectivity index (χ1v) is 8.66. The van der Waals surface area contributed by atoms with E-state index in [0.29, 0.717) is 18.7 Å². The Morgan fingerprint density at radius 3 is 2.39 bits per heavy atom. The number of nitrogens with zero attached hydrogens (tertiary/aromatic N) is 2. The number of alkyl halides is 2. The van der Waals surface area contributed by atoms with Gasteiger partial charge in [-0.1, -0.05) is 6.42 Å². The van der Waals surface area contributed by atoms with Crippen LogP contribution in [0.25, 0.3) is 0 Å². The zero-order chi connectivity index (χ0) is 20.3. The molecule has 0 unspecified atom stereocenters. The number of halogens is 4. The Morgan fingerprint density at radius 2 is 1.82 bits per heavy atom. The zero-order valence-corrected chi connectivity index (χ0v) is 14.7. The van der Waals surface area contributed by atoms with E-state index in [-0.39, 0.29) is 17.5 Å². The summed E-state index contributed by atoms with van der Waals surface area (Å²) < 4.78 is 52.1. The maximum Gasteiger partial charge on any atom is 0.315 e. The molecule has 1 aromatic carbocycles.